The van der Waals surface area contributed by atoms with E-state index in [1.54, 1.807) is 13.0 Å². The Morgan fingerprint density at radius 2 is 2.24 bits per heavy atom. The van der Waals surface area contributed by atoms with Crippen molar-refractivity contribution in [1.82, 2.24) is 4.98 Å². The first kappa shape index (κ1) is 12.4. The average molecular weight is 269 g/mol. The van der Waals surface area contributed by atoms with Gasteiger partial charge in [-0.05, 0) is 36.9 Å². The first-order valence-electron chi connectivity index (χ1n) is 5.11. The Balaban J connectivity index is 2.59. The lowest BCUT2D eigenvalue weighted by atomic mass is 9.93. The number of rotatable bonds is 2. The van der Waals surface area contributed by atoms with Gasteiger partial charge >= 0.3 is 0 Å². The number of aromatic nitrogens is 1. The Morgan fingerprint density at radius 3 is 2.82 bits per heavy atom. The predicted octanol–water partition coefficient (Wildman–Crippen LogP) is 2.94. The van der Waals surface area contributed by atoms with E-state index in [0.717, 1.165) is 10.4 Å². The topological polar surface area (TPSA) is 59.1 Å². The molecule has 2 rings (SSSR count). The molecule has 90 valence electrons. The lowest BCUT2D eigenvalue weighted by Crippen LogP contribution is -2.24. The smallest absolute Gasteiger partial charge is 0.129 e. The third-order valence-corrected chi connectivity index (χ3v) is 4.15. The SMILES string of the molecule is Cc1ccsc1C(C)(O)c1cc(Cl)cnc1N. The number of halogens is 1. The van der Waals surface area contributed by atoms with Crippen molar-refractivity contribution in [2.75, 3.05) is 5.73 Å². The van der Waals surface area contributed by atoms with Crippen molar-refractivity contribution < 1.29 is 5.11 Å². The highest BCUT2D eigenvalue weighted by atomic mass is 35.5. The van der Waals surface area contributed by atoms with Gasteiger partial charge < -0.3 is 10.8 Å². The molecule has 0 saturated carbocycles. The van der Waals surface area contributed by atoms with Crippen LogP contribution in [0.15, 0.2) is 23.7 Å². The van der Waals surface area contributed by atoms with Crippen molar-refractivity contribution in [3.8, 4) is 0 Å². The number of pyridine rings is 1. The molecule has 2 aromatic heterocycles. The molecule has 3 N–H and O–H groups in total. The molecule has 0 spiro atoms. The van der Waals surface area contributed by atoms with Crippen LogP contribution in [0.1, 0.15) is 22.9 Å². The summed E-state index contributed by atoms with van der Waals surface area (Å²) in [7, 11) is 0. The summed E-state index contributed by atoms with van der Waals surface area (Å²) in [6, 6.07) is 3.62. The summed E-state index contributed by atoms with van der Waals surface area (Å²) < 4.78 is 0. The van der Waals surface area contributed by atoms with Gasteiger partial charge in [0.1, 0.15) is 11.4 Å². The summed E-state index contributed by atoms with van der Waals surface area (Å²) in [5.74, 6) is 0.298. The number of thiophene rings is 1. The van der Waals surface area contributed by atoms with Crippen LogP contribution in [0.2, 0.25) is 5.02 Å². The van der Waals surface area contributed by atoms with E-state index in [2.05, 4.69) is 4.98 Å². The minimum absolute atomic E-state index is 0.298. The molecular formula is C12H13ClN2OS. The minimum atomic E-state index is -1.17. The van der Waals surface area contributed by atoms with Gasteiger partial charge in [0.15, 0.2) is 0 Å². The van der Waals surface area contributed by atoms with Gasteiger partial charge in [0.2, 0.25) is 0 Å². The Hall–Kier alpha value is -1.10. The fourth-order valence-corrected chi connectivity index (χ4v) is 2.99. The van der Waals surface area contributed by atoms with Gasteiger partial charge in [-0.1, -0.05) is 11.6 Å². The van der Waals surface area contributed by atoms with E-state index in [1.807, 2.05) is 18.4 Å². The number of aliphatic hydroxyl groups is 1. The molecule has 0 aliphatic heterocycles. The normalized spacial score (nSPS) is 14.6. The van der Waals surface area contributed by atoms with Crippen molar-refractivity contribution in [1.29, 1.82) is 0 Å². The van der Waals surface area contributed by atoms with E-state index in [9.17, 15) is 5.11 Å². The standard InChI is InChI=1S/C12H13ClN2OS/c1-7-3-4-17-10(7)12(2,16)9-5-8(13)6-15-11(9)14/h3-6,16H,1-2H3,(H2,14,15). The maximum atomic E-state index is 10.7. The molecule has 0 fully saturated rings. The summed E-state index contributed by atoms with van der Waals surface area (Å²) in [5, 5.41) is 13.1. The second-order valence-corrected chi connectivity index (χ2v) is 5.44. The summed E-state index contributed by atoms with van der Waals surface area (Å²) in [4.78, 5) is 4.83. The van der Waals surface area contributed by atoms with Gasteiger partial charge in [-0.2, -0.15) is 0 Å². The van der Waals surface area contributed by atoms with Crippen LogP contribution in [-0.2, 0) is 5.60 Å². The molecule has 5 heteroatoms. The fraction of sp³-hybridized carbons (Fsp3) is 0.250. The number of anilines is 1. The maximum absolute atomic E-state index is 10.7. The number of hydrogen-bond acceptors (Lipinski definition) is 4. The molecule has 1 atom stereocenters. The molecule has 2 aromatic rings. The number of nitrogen functional groups attached to an aromatic ring is 1. The molecule has 1 unspecified atom stereocenters. The van der Waals surface area contributed by atoms with Crippen LogP contribution >= 0.6 is 22.9 Å². The summed E-state index contributed by atoms with van der Waals surface area (Å²) in [5.41, 5.74) is 6.20. The zero-order chi connectivity index (χ0) is 12.6. The van der Waals surface area contributed by atoms with Crippen molar-refractivity contribution in [2.45, 2.75) is 19.4 Å². The average Bonchev–Trinajstić information content (AvgIpc) is 2.68. The number of hydrogen-bond donors (Lipinski definition) is 2. The van der Waals surface area contributed by atoms with Crippen molar-refractivity contribution in [3.05, 3.63) is 44.7 Å². The Labute approximate surface area is 109 Å². The van der Waals surface area contributed by atoms with Gasteiger partial charge in [-0.15, -0.1) is 11.3 Å². The maximum Gasteiger partial charge on any atom is 0.129 e. The Morgan fingerprint density at radius 1 is 1.53 bits per heavy atom. The van der Waals surface area contributed by atoms with Gasteiger partial charge in [0.25, 0.3) is 0 Å². The zero-order valence-corrected chi connectivity index (χ0v) is 11.1. The highest BCUT2D eigenvalue weighted by molar-refractivity contribution is 7.10. The van der Waals surface area contributed by atoms with E-state index in [4.69, 9.17) is 17.3 Å². The van der Waals surface area contributed by atoms with Crippen LogP contribution in [0, 0.1) is 6.92 Å². The second kappa shape index (κ2) is 4.29. The number of nitrogens with zero attached hydrogens (tertiary/aromatic N) is 1. The van der Waals surface area contributed by atoms with Crippen molar-refractivity contribution >= 4 is 28.8 Å². The number of nitrogens with two attached hydrogens (primary N) is 1. The first-order chi connectivity index (χ1) is 7.93. The predicted molar refractivity (Wildman–Crippen MR) is 71.4 cm³/mol. The van der Waals surface area contributed by atoms with Gasteiger partial charge in [-0.25, -0.2) is 4.98 Å². The van der Waals surface area contributed by atoms with Crippen molar-refractivity contribution in [3.63, 3.8) is 0 Å². The van der Waals surface area contributed by atoms with Gasteiger partial charge in [-0.3, -0.25) is 0 Å². The lowest BCUT2D eigenvalue weighted by Gasteiger charge is -2.24. The van der Waals surface area contributed by atoms with Gasteiger partial charge in [0, 0.05) is 16.6 Å². The van der Waals surface area contributed by atoms with E-state index in [-0.39, 0.29) is 0 Å². The third-order valence-electron chi connectivity index (χ3n) is 2.71. The van der Waals surface area contributed by atoms with Crippen LogP contribution in [0.25, 0.3) is 0 Å². The molecule has 3 nitrogen and oxygen atoms in total. The second-order valence-electron chi connectivity index (χ2n) is 4.09. The molecule has 0 aromatic carbocycles. The summed E-state index contributed by atoms with van der Waals surface area (Å²) in [6.07, 6.45) is 1.47. The molecule has 0 amide bonds. The fourth-order valence-electron chi connectivity index (χ4n) is 1.83. The van der Waals surface area contributed by atoms with Crippen LogP contribution in [0.4, 0.5) is 5.82 Å². The molecule has 0 saturated heterocycles. The first-order valence-corrected chi connectivity index (χ1v) is 6.37. The highest BCUT2D eigenvalue weighted by Crippen LogP contribution is 2.37. The Kier molecular flexibility index (Phi) is 3.12. The molecule has 2 heterocycles. The molecule has 0 aliphatic carbocycles. The van der Waals surface area contributed by atoms with E-state index in [0.29, 0.717) is 16.4 Å². The van der Waals surface area contributed by atoms with Gasteiger partial charge in [0.05, 0.1) is 5.02 Å². The number of aryl methyl sites for hydroxylation is 1. The summed E-state index contributed by atoms with van der Waals surface area (Å²) in [6.45, 7) is 3.66. The molecule has 0 bridgehead atoms. The van der Waals surface area contributed by atoms with Crippen LogP contribution in [-0.4, -0.2) is 10.1 Å². The van der Waals surface area contributed by atoms with Crippen LogP contribution < -0.4 is 5.73 Å². The van der Waals surface area contributed by atoms with E-state index >= 15 is 0 Å². The van der Waals surface area contributed by atoms with E-state index < -0.39 is 5.60 Å². The van der Waals surface area contributed by atoms with Crippen LogP contribution in [0.5, 0.6) is 0 Å². The Bertz CT molecular complexity index is 551. The van der Waals surface area contributed by atoms with Crippen LogP contribution in [0.3, 0.4) is 0 Å². The molecular weight excluding hydrogens is 256 g/mol. The quantitative estimate of drug-likeness (QED) is 0.880. The molecule has 17 heavy (non-hydrogen) atoms. The lowest BCUT2D eigenvalue weighted by molar-refractivity contribution is 0.106. The summed E-state index contributed by atoms with van der Waals surface area (Å²) >= 11 is 7.39. The molecule has 0 aliphatic rings. The highest BCUT2D eigenvalue weighted by Gasteiger charge is 2.31. The largest absolute Gasteiger partial charge is 0.383 e. The minimum Gasteiger partial charge on any atom is -0.383 e. The monoisotopic (exact) mass is 268 g/mol. The van der Waals surface area contributed by atoms with Crippen molar-refractivity contribution in [2.24, 2.45) is 0 Å². The third kappa shape index (κ3) is 2.16. The van der Waals surface area contributed by atoms with E-state index in [1.165, 1.54) is 17.5 Å². The zero-order valence-electron chi connectivity index (χ0n) is 9.57. The molecule has 0 radical (unpaired) electrons.